The standard InChI is InChI=1S/C24H21FN6O4.C7H7NO/c1-24(22(32)33)12-34-21(35-13-24)20-30-18(14-2-4-15(25)5-3-14)19(31-20)17-8-11-27-23(29-17)28-16-6-9-26-10-7-16;8-7(9)6-4-2-1-3-5-6/h2-11,21H,12-13H2,1H3,(H,30,31)(H,32,33)(H,26,27,28,29);1-5H,(H2,8,9). The minimum absolute atomic E-state index is 0.0393. The molecule has 1 aliphatic rings. The van der Waals surface area contributed by atoms with Gasteiger partial charge in [-0.15, -0.1) is 0 Å². The first kappa shape index (κ1) is 29.9. The molecule has 4 heterocycles. The van der Waals surface area contributed by atoms with Crippen molar-refractivity contribution < 1.29 is 28.6 Å². The van der Waals surface area contributed by atoms with Gasteiger partial charge in [-0.25, -0.2) is 19.3 Å². The smallest absolute Gasteiger partial charge is 0.314 e. The van der Waals surface area contributed by atoms with Crippen molar-refractivity contribution in [3.8, 4) is 22.6 Å². The quantitative estimate of drug-likeness (QED) is 0.205. The summed E-state index contributed by atoms with van der Waals surface area (Å²) in [5.74, 6) is -1.05. The van der Waals surface area contributed by atoms with E-state index in [2.05, 4.69) is 30.2 Å². The molecule has 1 saturated heterocycles. The summed E-state index contributed by atoms with van der Waals surface area (Å²) >= 11 is 0. The van der Waals surface area contributed by atoms with Crippen molar-refractivity contribution >= 4 is 23.5 Å². The van der Waals surface area contributed by atoms with Crippen molar-refractivity contribution in [1.82, 2.24) is 24.9 Å². The Balaban J connectivity index is 0.000000367. The Kier molecular flexibility index (Phi) is 8.98. The molecule has 224 valence electrons. The van der Waals surface area contributed by atoms with Crippen molar-refractivity contribution in [2.24, 2.45) is 11.1 Å². The highest BCUT2D eigenvalue weighted by atomic mass is 19.1. The Morgan fingerprint density at radius 2 is 1.66 bits per heavy atom. The molecule has 5 aromatic rings. The Bertz CT molecular complexity index is 1730. The summed E-state index contributed by atoms with van der Waals surface area (Å²) < 4.78 is 25.0. The number of aromatic amines is 1. The lowest BCUT2D eigenvalue weighted by Crippen LogP contribution is -2.42. The number of rotatable bonds is 7. The lowest BCUT2D eigenvalue weighted by atomic mass is 9.92. The molecule has 0 saturated carbocycles. The maximum Gasteiger partial charge on any atom is 0.314 e. The number of pyridine rings is 1. The molecular formula is C31H28FN7O5. The average molecular weight is 598 g/mol. The van der Waals surface area contributed by atoms with Crippen LogP contribution in [-0.4, -0.2) is 55.1 Å². The van der Waals surface area contributed by atoms with Gasteiger partial charge in [0.2, 0.25) is 18.1 Å². The molecule has 5 N–H and O–H groups in total. The van der Waals surface area contributed by atoms with Crippen LogP contribution in [0.3, 0.4) is 0 Å². The summed E-state index contributed by atoms with van der Waals surface area (Å²) in [4.78, 5) is 42.6. The monoisotopic (exact) mass is 597 g/mol. The number of nitrogens with zero attached hydrogens (tertiary/aromatic N) is 4. The van der Waals surface area contributed by atoms with Crippen LogP contribution in [0.15, 0.2) is 91.4 Å². The number of carboxylic acids is 1. The van der Waals surface area contributed by atoms with Gasteiger partial charge in [0.15, 0.2) is 5.82 Å². The average Bonchev–Trinajstić information content (AvgIpc) is 3.49. The molecule has 1 aliphatic heterocycles. The van der Waals surface area contributed by atoms with Gasteiger partial charge in [0.1, 0.15) is 11.2 Å². The molecule has 1 fully saturated rings. The fourth-order valence-electron chi connectivity index (χ4n) is 4.12. The summed E-state index contributed by atoms with van der Waals surface area (Å²) in [5, 5.41) is 12.5. The summed E-state index contributed by atoms with van der Waals surface area (Å²) in [6.45, 7) is 1.48. The SMILES string of the molecule is CC1(C(=O)O)COC(c2nc(-c3ccc(F)cc3)c(-c3ccnc(Nc4ccncc4)n3)[nH]2)OC1.NC(=O)c1ccccc1. The largest absolute Gasteiger partial charge is 0.481 e. The van der Waals surface area contributed by atoms with E-state index in [1.54, 1.807) is 80.1 Å². The van der Waals surface area contributed by atoms with E-state index in [0.717, 1.165) is 5.69 Å². The number of amides is 1. The van der Waals surface area contributed by atoms with E-state index < -0.39 is 17.7 Å². The van der Waals surface area contributed by atoms with Crippen molar-refractivity contribution in [2.45, 2.75) is 13.2 Å². The first-order valence-electron chi connectivity index (χ1n) is 13.4. The number of H-pyrrole nitrogens is 1. The third kappa shape index (κ3) is 7.09. The number of anilines is 2. The van der Waals surface area contributed by atoms with E-state index in [1.165, 1.54) is 12.1 Å². The van der Waals surface area contributed by atoms with Crippen LogP contribution >= 0.6 is 0 Å². The second-order valence-electron chi connectivity index (χ2n) is 10.0. The van der Waals surface area contributed by atoms with Crippen molar-refractivity contribution in [1.29, 1.82) is 0 Å². The van der Waals surface area contributed by atoms with Gasteiger partial charge in [0, 0.05) is 35.4 Å². The van der Waals surface area contributed by atoms with Gasteiger partial charge in [0.05, 0.1) is 30.3 Å². The predicted molar refractivity (Wildman–Crippen MR) is 158 cm³/mol. The lowest BCUT2D eigenvalue weighted by Gasteiger charge is -2.33. The van der Waals surface area contributed by atoms with Crippen LogP contribution in [0.4, 0.5) is 16.0 Å². The molecule has 1 amide bonds. The zero-order chi connectivity index (χ0) is 31.1. The molecular weight excluding hydrogens is 569 g/mol. The minimum atomic E-state index is -1.15. The van der Waals surface area contributed by atoms with Crippen molar-refractivity contribution in [3.05, 3.63) is 109 Å². The number of nitrogens with one attached hydrogen (secondary N) is 2. The normalized spacial score (nSPS) is 17.6. The Morgan fingerprint density at radius 3 is 2.27 bits per heavy atom. The first-order chi connectivity index (χ1) is 21.2. The minimum Gasteiger partial charge on any atom is -0.481 e. The van der Waals surface area contributed by atoms with Crippen molar-refractivity contribution in [2.75, 3.05) is 18.5 Å². The second kappa shape index (κ2) is 13.2. The van der Waals surface area contributed by atoms with Gasteiger partial charge in [-0.2, -0.15) is 0 Å². The van der Waals surface area contributed by atoms with Crippen LogP contribution in [0.5, 0.6) is 0 Å². The van der Waals surface area contributed by atoms with Gasteiger partial charge in [-0.1, -0.05) is 18.2 Å². The van der Waals surface area contributed by atoms with E-state index in [0.29, 0.717) is 40.0 Å². The van der Waals surface area contributed by atoms with E-state index in [-0.39, 0.29) is 24.9 Å². The number of aliphatic carboxylic acids is 1. The highest BCUT2D eigenvalue weighted by molar-refractivity contribution is 5.92. The van der Waals surface area contributed by atoms with Crippen LogP contribution in [0.1, 0.15) is 29.4 Å². The maximum absolute atomic E-state index is 13.6. The molecule has 44 heavy (non-hydrogen) atoms. The number of carbonyl (C=O) groups is 2. The van der Waals surface area contributed by atoms with Gasteiger partial charge in [-0.05, 0) is 61.5 Å². The highest BCUT2D eigenvalue weighted by Crippen LogP contribution is 2.35. The van der Waals surface area contributed by atoms with Crippen molar-refractivity contribution in [3.63, 3.8) is 0 Å². The molecule has 0 unspecified atom stereocenters. The zero-order valence-corrected chi connectivity index (χ0v) is 23.5. The van der Waals surface area contributed by atoms with Gasteiger partial charge < -0.3 is 30.6 Å². The van der Waals surface area contributed by atoms with Crippen LogP contribution in [0.2, 0.25) is 0 Å². The number of carbonyl (C=O) groups excluding carboxylic acids is 1. The Hall–Kier alpha value is -5.53. The summed E-state index contributed by atoms with van der Waals surface area (Å²) in [5.41, 5.74) is 7.38. The summed E-state index contributed by atoms with van der Waals surface area (Å²) in [6.07, 6.45) is 4.01. The number of halogens is 1. The number of imidazole rings is 1. The number of hydrogen-bond acceptors (Lipinski definition) is 9. The molecule has 13 heteroatoms. The third-order valence-electron chi connectivity index (χ3n) is 6.59. The lowest BCUT2D eigenvalue weighted by molar-refractivity contribution is -0.236. The number of benzene rings is 2. The first-order valence-corrected chi connectivity index (χ1v) is 13.4. The fourth-order valence-corrected chi connectivity index (χ4v) is 4.12. The van der Waals surface area contributed by atoms with Gasteiger partial charge in [-0.3, -0.25) is 14.6 Å². The fraction of sp³-hybridized carbons (Fsp3) is 0.161. The number of ether oxygens (including phenoxy) is 2. The number of carboxylic acid groups (broad SMARTS) is 1. The number of nitrogens with two attached hydrogens (primary N) is 1. The highest BCUT2D eigenvalue weighted by Gasteiger charge is 2.41. The molecule has 0 atom stereocenters. The number of primary amides is 1. The van der Waals surface area contributed by atoms with Crippen LogP contribution in [-0.2, 0) is 14.3 Å². The topological polar surface area (TPSA) is 178 Å². The molecule has 12 nitrogen and oxygen atoms in total. The molecule has 6 rings (SSSR count). The van der Waals surface area contributed by atoms with Gasteiger partial charge in [0.25, 0.3) is 0 Å². The number of hydrogen-bond donors (Lipinski definition) is 4. The van der Waals surface area contributed by atoms with E-state index in [4.69, 9.17) is 15.2 Å². The molecule has 0 aliphatic carbocycles. The zero-order valence-electron chi connectivity index (χ0n) is 23.5. The van der Waals surface area contributed by atoms with E-state index >= 15 is 0 Å². The predicted octanol–water partition coefficient (Wildman–Crippen LogP) is 4.73. The molecule has 0 spiro atoms. The second-order valence-corrected chi connectivity index (χ2v) is 10.0. The van der Waals surface area contributed by atoms with E-state index in [1.807, 2.05) is 6.07 Å². The third-order valence-corrected chi connectivity index (χ3v) is 6.59. The molecule has 0 bridgehead atoms. The van der Waals surface area contributed by atoms with Crippen LogP contribution < -0.4 is 11.1 Å². The molecule has 0 radical (unpaired) electrons. The number of aromatic nitrogens is 5. The van der Waals surface area contributed by atoms with Crippen LogP contribution in [0, 0.1) is 11.2 Å². The van der Waals surface area contributed by atoms with Crippen LogP contribution in [0.25, 0.3) is 22.6 Å². The van der Waals surface area contributed by atoms with E-state index in [9.17, 15) is 19.1 Å². The van der Waals surface area contributed by atoms with Gasteiger partial charge >= 0.3 is 5.97 Å². The molecule has 2 aromatic carbocycles. The summed E-state index contributed by atoms with van der Waals surface area (Å²) in [6, 6.07) is 20.0. The maximum atomic E-state index is 13.6. The Morgan fingerprint density at radius 1 is 0.977 bits per heavy atom. The molecule has 3 aromatic heterocycles. The summed E-state index contributed by atoms with van der Waals surface area (Å²) in [7, 11) is 0. The Labute approximate surface area is 251 Å².